The van der Waals surface area contributed by atoms with E-state index in [1.54, 1.807) is 29.6 Å². The fourth-order valence-corrected chi connectivity index (χ4v) is 2.59. The van der Waals surface area contributed by atoms with Crippen LogP contribution < -0.4 is 10.5 Å². The second-order valence-corrected chi connectivity index (χ2v) is 6.22. The number of hydrogen-bond acceptors (Lipinski definition) is 5. The average molecular weight is 380 g/mol. The second-order valence-electron chi connectivity index (χ2n) is 4.36. The molecule has 2 aromatic rings. The highest BCUT2D eigenvalue weighted by Crippen LogP contribution is 2.13. The predicted molar refractivity (Wildman–Crippen MR) is 86.7 cm³/mol. The van der Waals surface area contributed by atoms with Gasteiger partial charge in [0.1, 0.15) is 0 Å². The van der Waals surface area contributed by atoms with E-state index in [9.17, 15) is 14.7 Å². The minimum Gasteiger partial charge on any atom is -0.550 e. The average Bonchev–Trinajstić information content (AvgIpc) is 3.02. The molecule has 22 heavy (non-hydrogen) atoms. The molecule has 0 bridgehead atoms. The molecule has 0 fully saturated rings. The smallest absolute Gasteiger partial charge is 0.281 e. The van der Waals surface area contributed by atoms with E-state index in [1.807, 2.05) is 12.1 Å². The van der Waals surface area contributed by atoms with E-state index >= 15 is 0 Å². The van der Waals surface area contributed by atoms with Crippen LogP contribution in [0.15, 0.2) is 51.4 Å². The molecule has 0 radical (unpaired) electrons. The number of halogens is 1. The van der Waals surface area contributed by atoms with E-state index in [1.165, 1.54) is 11.3 Å². The second kappa shape index (κ2) is 7.86. The first-order chi connectivity index (χ1) is 10.6. The summed E-state index contributed by atoms with van der Waals surface area (Å²) in [6, 6.07) is 10.7. The topological polar surface area (TPSA) is 81.6 Å². The van der Waals surface area contributed by atoms with Crippen LogP contribution in [0.5, 0.6) is 0 Å². The number of rotatable bonds is 6. The van der Waals surface area contributed by atoms with E-state index < -0.39 is 5.97 Å². The van der Waals surface area contributed by atoms with Crippen molar-refractivity contribution in [2.24, 2.45) is 5.10 Å². The van der Waals surface area contributed by atoms with Gasteiger partial charge in [-0.05, 0) is 42.0 Å². The Balaban J connectivity index is 2.15. The molecule has 0 atom stereocenters. The zero-order valence-corrected chi connectivity index (χ0v) is 13.8. The fraction of sp³-hybridized carbons (Fsp3) is 0.133. The van der Waals surface area contributed by atoms with Crippen LogP contribution in [0.3, 0.4) is 0 Å². The quantitative estimate of drug-likeness (QED) is 0.616. The van der Waals surface area contributed by atoms with Crippen molar-refractivity contribution in [2.45, 2.75) is 12.8 Å². The molecule has 0 saturated heterocycles. The number of carboxylic acid groups (broad SMARTS) is 1. The largest absolute Gasteiger partial charge is 0.550 e. The lowest BCUT2D eigenvalue weighted by Gasteiger charge is -2.08. The molecule has 0 spiro atoms. The summed E-state index contributed by atoms with van der Waals surface area (Å²) in [6.07, 6.45) is 0.0124. The maximum atomic E-state index is 11.9. The van der Waals surface area contributed by atoms with Crippen molar-refractivity contribution >= 4 is 44.9 Å². The number of carbonyl (C=O) groups excluding carboxylic acids is 2. The third kappa shape index (κ3) is 4.78. The molecule has 7 heteroatoms. The molecule has 0 aliphatic carbocycles. The summed E-state index contributed by atoms with van der Waals surface area (Å²) in [5, 5.41) is 16.5. The Morgan fingerprint density at radius 2 is 1.91 bits per heavy atom. The number of hydrazone groups is 1. The van der Waals surface area contributed by atoms with E-state index in [4.69, 9.17) is 0 Å². The molecular weight excluding hydrogens is 368 g/mol. The van der Waals surface area contributed by atoms with Gasteiger partial charge in [0.05, 0.1) is 10.6 Å². The SMILES string of the molecule is O=C([O-])CC/C(=N/NC(=O)c1cccs1)c1ccc(Br)cc1. The standard InChI is InChI=1S/C15H13BrN2O3S/c16-11-5-3-10(4-6-11)12(7-8-14(19)20)17-18-15(21)13-2-1-9-22-13/h1-6,9H,7-8H2,(H,18,21)(H,19,20)/p-1/b17-12-. The van der Waals surface area contributed by atoms with Crippen LogP contribution in [0, 0.1) is 0 Å². The van der Waals surface area contributed by atoms with Crippen molar-refractivity contribution in [2.75, 3.05) is 0 Å². The molecule has 1 N–H and O–H groups in total. The number of carboxylic acids is 1. The van der Waals surface area contributed by atoms with E-state index in [0.717, 1.165) is 10.0 Å². The third-order valence-corrected chi connectivity index (χ3v) is 4.18. The van der Waals surface area contributed by atoms with E-state index in [2.05, 4.69) is 26.5 Å². The van der Waals surface area contributed by atoms with Crippen LogP contribution in [0.4, 0.5) is 0 Å². The number of nitrogens with zero attached hydrogens (tertiary/aromatic N) is 1. The highest BCUT2D eigenvalue weighted by molar-refractivity contribution is 9.10. The molecule has 114 valence electrons. The lowest BCUT2D eigenvalue weighted by atomic mass is 10.1. The van der Waals surface area contributed by atoms with Crippen LogP contribution >= 0.6 is 27.3 Å². The van der Waals surface area contributed by atoms with Gasteiger partial charge in [-0.15, -0.1) is 11.3 Å². The van der Waals surface area contributed by atoms with Crippen molar-refractivity contribution in [1.29, 1.82) is 0 Å². The molecule has 0 unspecified atom stereocenters. The van der Waals surface area contributed by atoms with E-state index in [-0.39, 0.29) is 18.7 Å². The van der Waals surface area contributed by atoms with Crippen LogP contribution in [0.25, 0.3) is 0 Å². The summed E-state index contributed by atoms with van der Waals surface area (Å²) in [6.45, 7) is 0. The molecule has 0 aliphatic heterocycles. The number of aliphatic carboxylic acids is 1. The van der Waals surface area contributed by atoms with Gasteiger partial charge in [-0.2, -0.15) is 5.10 Å². The highest BCUT2D eigenvalue weighted by Gasteiger charge is 2.08. The molecule has 1 amide bonds. The Bertz CT molecular complexity index is 681. The maximum Gasteiger partial charge on any atom is 0.281 e. The lowest BCUT2D eigenvalue weighted by Crippen LogP contribution is -2.24. The number of carbonyl (C=O) groups is 2. The van der Waals surface area contributed by atoms with Gasteiger partial charge in [-0.1, -0.05) is 34.1 Å². The Morgan fingerprint density at radius 1 is 1.18 bits per heavy atom. The summed E-state index contributed by atoms with van der Waals surface area (Å²) in [7, 11) is 0. The van der Waals surface area contributed by atoms with Gasteiger partial charge in [0.25, 0.3) is 5.91 Å². The summed E-state index contributed by atoms with van der Waals surface area (Å²) >= 11 is 4.64. The van der Waals surface area contributed by atoms with Gasteiger partial charge in [-0.25, -0.2) is 5.43 Å². The molecule has 1 aromatic carbocycles. The summed E-state index contributed by atoms with van der Waals surface area (Å²) in [5.41, 5.74) is 3.69. The molecule has 1 aromatic heterocycles. The Hall–Kier alpha value is -1.99. The summed E-state index contributed by atoms with van der Waals surface area (Å²) in [4.78, 5) is 23.1. The van der Waals surface area contributed by atoms with Crippen molar-refractivity contribution in [3.05, 3.63) is 56.7 Å². The van der Waals surface area contributed by atoms with Gasteiger partial charge in [-0.3, -0.25) is 4.79 Å². The predicted octanol–water partition coefficient (Wildman–Crippen LogP) is 2.17. The van der Waals surface area contributed by atoms with Gasteiger partial charge in [0, 0.05) is 10.4 Å². The summed E-state index contributed by atoms with van der Waals surface area (Å²) in [5.74, 6) is -1.48. The summed E-state index contributed by atoms with van der Waals surface area (Å²) < 4.78 is 0.901. The molecular formula is C15H12BrN2O3S-. The fourth-order valence-electron chi connectivity index (χ4n) is 1.71. The molecule has 5 nitrogen and oxygen atoms in total. The number of hydrogen-bond donors (Lipinski definition) is 1. The number of amides is 1. The third-order valence-electron chi connectivity index (χ3n) is 2.78. The number of nitrogens with one attached hydrogen (secondary N) is 1. The van der Waals surface area contributed by atoms with Crippen LogP contribution in [0.2, 0.25) is 0 Å². The van der Waals surface area contributed by atoms with E-state index in [0.29, 0.717) is 10.6 Å². The Kier molecular flexibility index (Phi) is 5.85. The molecule has 2 rings (SSSR count). The Morgan fingerprint density at radius 3 is 2.50 bits per heavy atom. The first kappa shape index (κ1) is 16.4. The van der Waals surface area contributed by atoms with Gasteiger partial charge in [0.2, 0.25) is 0 Å². The first-order valence-electron chi connectivity index (χ1n) is 6.42. The van der Waals surface area contributed by atoms with Crippen LogP contribution in [-0.4, -0.2) is 17.6 Å². The van der Waals surface area contributed by atoms with Crippen LogP contribution in [0.1, 0.15) is 28.1 Å². The zero-order chi connectivity index (χ0) is 15.9. The monoisotopic (exact) mass is 379 g/mol. The Labute approximate surface area is 139 Å². The lowest BCUT2D eigenvalue weighted by molar-refractivity contribution is -0.305. The normalized spacial score (nSPS) is 11.2. The van der Waals surface area contributed by atoms with Gasteiger partial charge < -0.3 is 9.90 Å². The zero-order valence-electron chi connectivity index (χ0n) is 11.4. The minimum atomic E-state index is -1.16. The highest BCUT2D eigenvalue weighted by atomic mass is 79.9. The molecule has 1 heterocycles. The van der Waals surface area contributed by atoms with Gasteiger partial charge >= 0.3 is 0 Å². The van der Waals surface area contributed by atoms with Gasteiger partial charge in [0.15, 0.2) is 0 Å². The molecule has 0 aliphatic rings. The maximum absolute atomic E-state index is 11.9. The minimum absolute atomic E-state index is 0.163. The van der Waals surface area contributed by atoms with Crippen molar-refractivity contribution < 1.29 is 14.7 Å². The number of thiophene rings is 1. The van der Waals surface area contributed by atoms with Crippen molar-refractivity contribution in [1.82, 2.24) is 5.43 Å². The molecule has 0 saturated carbocycles. The van der Waals surface area contributed by atoms with Crippen molar-refractivity contribution in [3.8, 4) is 0 Å². The first-order valence-corrected chi connectivity index (χ1v) is 8.09. The number of benzene rings is 1. The van der Waals surface area contributed by atoms with Crippen molar-refractivity contribution in [3.63, 3.8) is 0 Å². The van der Waals surface area contributed by atoms with Crippen LogP contribution in [-0.2, 0) is 4.79 Å².